The molecule has 1 aromatic carbocycles. The highest BCUT2D eigenvalue weighted by atomic mass is 79.9. The van der Waals surface area contributed by atoms with E-state index in [0.29, 0.717) is 17.9 Å². The smallest absolute Gasteiger partial charge is 0.173 e. The van der Waals surface area contributed by atoms with E-state index in [2.05, 4.69) is 15.9 Å². The first kappa shape index (κ1) is 13.4. The molecule has 0 heterocycles. The van der Waals surface area contributed by atoms with Crippen molar-refractivity contribution in [3.05, 3.63) is 34.1 Å². The summed E-state index contributed by atoms with van der Waals surface area (Å²) in [7, 11) is 0. The minimum absolute atomic E-state index is 0.0112. The topological polar surface area (TPSA) is 34.1 Å². The number of carbonyl (C=O) groups excluding carboxylic acids is 2. The zero-order valence-electron chi connectivity index (χ0n) is 10.1. The average Bonchev–Trinajstić information content (AvgIpc) is 3.14. The van der Waals surface area contributed by atoms with Gasteiger partial charge in [0.1, 0.15) is 11.6 Å². The second-order valence-electron chi connectivity index (χ2n) is 4.83. The van der Waals surface area contributed by atoms with Crippen LogP contribution in [0, 0.1) is 17.7 Å². The first-order valence-electron chi connectivity index (χ1n) is 6.01. The fourth-order valence-corrected chi connectivity index (χ4v) is 2.21. The minimum Gasteiger partial charge on any atom is -0.299 e. The van der Waals surface area contributed by atoms with Crippen molar-refractivity contribution in [2.45, 2.75) is 26.2 Å². The molecule has 1 saturated carbocycles. The molecular weight excluding hydrogens is 299 g/mol. The molecule has 1 fully saturated rings. The number of ketones is 2. The molecule has 18 heavy (non-hydrogen) atoms. The van der Waals surface area contributed by atoms with Gasteiger partial charge >= 0.3 is 0 Å². The monoisotopic (exact) mass is 312 g/mol. The Hall–Kier alpha value is -1.03. The first-order valence-corrected chi connectivity index (χ1v) is 6.80. The quantitative estimate of drug-likeness (QED) is 0.612. The van der Waals surface area contributed by atoms with Crippen LogP contribution < -0.4 is 0 Å². The standard InChI is InChI=1S/C14H14BrFO2/c1-8(13(17)6-9-2-3-9)14(18)10-4-5-12(16)11(15)7-10/h4-5,7-9H,2-3,6H2,1H3. The van der Waals surface area contributed by atoms with Crippen molar-refractivity contribution in [1.82, 2.24) is 0 Å². The Morgan fingerprint density at radius 1 is 1.44 bits per heavy atom. The second-order valence-corrected chi connectivity index (χ2v) is 5.68. The van der Waals surface area contributed by atoms with Crippen molar-refractivity contribution in [1.29, 1.82) is 0 Å². The van der Waals surface area contributed by atoms with E-state index in [0.717, 1.165) is 12.8 Å². The van der Waals surface area contributed by atoms with E-state index in [-0.39, 0.29) is 16.0 Å². The van der Waals surface area contributed by atoms with Gasteiger partial charge in [-0.15, -0.1) is 0 Å². The van der Waals surface area contributed by atoms with Crippen LogP contribution in [0.15, 0.2) is 22.7 Å². The molecule has 0 saturated heterocycles. The van der Waals surface area contributed by atoms with Crippen LogP contribution in [0.2, 0.25) is 0 Å². The molecule has 2 nitrogen and oxygen atoms in total. The molecule has 0 bridgehead atoms. The molecule has 96 valence electrons. The van der Waals surface area contributed by atoms with E-state index in [1.54, 1.807) is 6.92 Å². The van der Waals surface area contributed by atoms with Crippen molar-refractivity contribution in [2.75, 3.05) is 0 Å². The Morgan fingerprint density at radius 3 is 2.67 bits per heavy atom. The lowest BCUT2D eigenvalue weighted by atomic mass is 9.93. The molecule has 0 amide bonds. The fraction of sp³-hybridized carbons (Fsp3) is 0.429. The summed E-state index contributed by atoms with van der Waals surface area (Å²) >= 11 is 3.04. The van der Waals surface area contributed by atoms with E-state index in [9.17, 15) is 14.0 Å². The van der Waals surface area contributed by atoms with Crippen LogP contribution in [0.1, 0.15) is 36.5 Å². The second kappa shape index (κ2) is 5.31. The third kappa shape index (κ3) is 3.05. The number of hydrogen-bond acceptors (Lipinski definition) is 2. The number of halogens is 2. The lowest BCUT2D eigenvalue weighted by Gasteiger charge is -2.09. The summed E-state index contributed by atoms with van der Waals surface area (Å²) in [6.45, 7) is 1.63. The molecule has 0 N–H and O–H groups in total. The van der Waals surface area contributed by atoms with E-state index in [1.165, 1.54) is 18.2 Å². The summed E-state index contributed by atoms with van der Waals surface area (Å²) in [6.07, 6.45) is 2.68. The van der Waals surface area contributed by atoms with Crippen LogP contribution in [0.4, 0.5) is 4.39 Å². The van der Waals surface area contributed by atoms with Crippen LogP contribution in [-0.4, -0.2) is 11.6 Å². The van der Waals surface area contributed by atoms with Gasteiger partial charge in [-0.05, 0) is 59.8 Å². The first-order chi connectivity index (χ1) is 8.49. The maximum atomic E-state index is 13.1. The van der Waals surface area contributed by atoms with E-state index in [4.69, 9.17) is 0 Å². The summed E-state index contributed by atoms with van der Waals surface area (Å²) in [6, 6.07) is 4.08. The summed E-state index contributed by atoms with van der Waals surface area (Å²) in [5.74, 6) is -0.816. The Bertz CT molecular complexity index is 495. The van der Waals surface area contributed by atoms with Gasteiger partial charge in [0.2, 0.25) is 0 Å². The van der Waals surface area contributed by atoms with Gasteiger partial charge in [0.05, 0.1) is 10.4 Å². The summed E-state index contributed by atoms with van der Waals surface area (Å²) in [4.78, 5) is 23.9. The summed E-state index contributed by atoms with van der Waals surface area (Å²) in [5, 5.41) is 0. The van der Waals surface area contributed by atoms with Gasteiger partial charge < -0.3 is 0 Å². The number of hydrogen-bond donors (Lipinski definition) is 0. The van der Waals surface area contributed by atoms with E-state index < -0.39 is 11.7 Å². The van der Waals surface area contributed by atoms with Gasteiger partial charge in [0, 0.05) is 12.0 Å². The minimum atomic E-state index is -0.636. The van der Waals surface area contributed by atoms with Gasteiger partial charge in [0.25, 0.3) is 0 Å². The molecular formula is C14H14BrFO2. The number of Topliss-reactive ketones (excluding diaryl/α,β-unsaturated/α-hetero) is 2. The van der Waals surface area contributed by atoms with Gasteiger partial charge in [0.15, 0.2) is 5.78 Å². The predicted molar refractivity (Wildman–Crippen MR) is 69.9 cm³/mol. The van der Waals surface area contributed by atoms with E-state index in [1.807, 2.05) is 0 Å². The van der Waals surface area contributed by atoms with Crippen LogP contribution in [0.5, 0.6) is 0 Å². The van der Waals surface area contributed by atoms with Crippen LogP contribution in [0.3, 0.4) is 0 Å². The fourth-order valence-electron chi connectivity index (χ4n) is 1.83. The molecule has 4 heteroatoms. The number of carbonyl (C=O) groups is 2. The molecule has 0 aromatic heterocycles. The van der Waals surface area contributed by atoms with Gasteiger partial charge in [-0.1, -0.05) is 0 Å². The maximum Gasteiger partial charge on any atom is 0.173 e. The molecule has 0 aliphatic heterocycles. The molecule has 1 aliphatic carbocycles. The lowest BCUT2D eigenvalue weighted by molar-refractivity contribution is -0.121. The molecule has 0 radical (unpaired) electrons. The van der Waals surface area contributed by atoms with Crippen molar-refractivity contribution >= 4 is 27.5 Å². The van der Waals surface area contributed by atoms with Crippen molar-refractivity contribution in [3.63, 3.8) is 0 Å². The van der Waals surface area contributed by atoms with Crippen molar-refractivity contribution < 1.29 is 14.0 Å². The Balaban J connectivity index is 2.08. The Morgan fingerprint density at radius 2 is 2.11 bits per heavy atom. The normalized spacial score (nSPS) is 16.4. The summed E-state index contributed by atoms with van der Waals surface area (Å²) in [5.41, 5.74) is 0.375. The third-order valence-electron chi connectivity index (χ3n) is 3.27. The van der Waals surface area contributed by atoms with Gasteiger partial charge in [-0.3, -0.25) is 9.59 Å². The van der Waals surface area contributed by atoms with Crippen LogP contribution >= 0.6 is 15.9 Å². The number of rotatable bonds is 5. The van der Waals surface area contributed by atoms with Gasteiger partial charge in [-0.2, -0.15) is 0 Å². The highest BCUT2D eigenvalue weighted by Crippen LogP contribution is 2.33. The van der Waals surface area contributed by atoms with Gasteiger partial charge in [-0.25, -0.2) is 4.39 Å². The van der Waals surface area contributed by atoms with Crippen LogP contribution in [0.25, 0.3) is 0 Å². The molecule has 0 spiro atoms. The molecule has 1 atom stereocenters. The SMILES string of the molecule is CC(C(=O)CC1CC1)C(=O)c1ccc(F)c(Br)c1. The maximum absolute atomic E-state index is 13.1. The largest absolute Gasteiger partial charge is 0.299 e. The molecule has 1 aliphatic rings. The third-order valence-corrected chi connectivity index (χ3v) is 3.87. The zero-order valence-corrected chi connectivity index (χ0v) is 11.7. The van der Waals surface area contributed by atoms with Crippen molar-refractivity contribution in [3.8, 4) is 0 Å². The average molecular weight is 313 g/mol. The highest BCUT2D eigenvalue weighted by molar-refractivity contribution is 9.10. The lowest BCUT2D eigenvalue weighted by Crippen LogP contribution is -2.21. The summed E-state index contributed by atoms with van der Waals surface area (Å²) < 4.78 is 13.3. The Labute approximate surface area is 114 Å². The number of benzene rings is 1. The van der Waals surface area contributed by atoms with Crippen LogP contribution in [-0.2, 0) is 4.79 Å². The zero-order chi connectivity index (χ0) is 13.3. The predicted octanol–water partition coefficient (Wildman–Crippen LogP) is 3.78. The molecule has 1 unspecified atom stereocenters. The van der Waals surface area contributed by atoms with E-state index >= 15 is 0 Å². The molecule has 1 aromatic rings. The Kier molecular flexibility index (Phi) is 3.95. The van der Waals surface area contributed by atoms with Crippen molar-refractivity contribution in [2.24, 2.45) is 11.8 Å². The molecule has 2 rings (SSSR count). The highest BCUT2D eigenvalue weighted by Gasteiger charge is 2.30.